The van der Waals surface area contributed by atoms with Gasteiger partial charge in [-0.15, -0.1) is 11.3 Å². The van der Waals surface area contributed by atoms with Crippen molar-refractivity contribution in [1.29, 1.82) is 0 Å². The van der Waals surface area contributed by atoms with E-state index in [2.05, 4.69) is 44.9 Å². The molecule has 0 aromatic carbocycles. The van der Waals surface area contributed by atoms with Crippen molar-refractivity contribution in [3.05, 3.63) is 16.1 Å². The van der Waals surface area contributed by atoms with Gasteiger partial charge in [0.05, 0.1) is 5.01 Å². The molecule has 1 aromatic heterocycles. The Kier molecular flexibility index (Phi) is 6.30. The monoisotopic (exact) mass is 268 g/mol. The van der Waals surface area contributed by atoms with Crippen molar-refractivity contribution in [3.63, 3.8) is 0 Å². The van der Waals surface area contributed by atoms with Crippen LogP contribution in [0.3, 0.4) is 0 Å². The Morgan fingerprint density at radius 1 is 1.39 bits per heavy atom. The highest BCUT2D eigenvalue weighted by Gasteiger charge is 2.15. The molecule has 104 valence electrons. The minimum Gasteiger partial charge on any atom is -0.309 e. The lowest BCUT2D eigenvalue weighted by molar-refractivity contribution is 0.344. The minimum atomic E-state index is 0.443. The molecule has 1 heterocycles. The van der Waals surface area contributed by atoms with Gasteiger partial charge in [0.1, 0.15) is 0 Å². The molecule has 0 amide bonds. The predicted octanol–water partition coefficient (Wildman–Crippen LogP) is 4.71. The molecule has 0 bridgehead atoms. The van der Waals surface area contributed by atoms with Crippen molar-refractivity contribution >= 4 is 11.3 Å². The van der Waals surface area contributed by atoms with Gasteiger partial charge in [-0.25, -0.2) is 4.98 Å². The fourth-order valence-electron chi connectivity index (χ4n) is 2.04. The van der Waals surface area contributed by atoms with E-state index in [0.29, 0.717) is 11.5 Å². The zero-order valence-corrected chi connectivity index (χ0v) is 13.4. The van der Waals surface area contributed by atoms with Gasteiger partial charge >= 0.3 is 0 Å². The van der Waals surface area contributed by atoms with Gasteiger partial charge in [-0.3, -0.25) is 0 Å². The lowest BCUT2D eigenvalue weighted by Crippen LogP contribution is -2.21. The van der Waals surface area contributed by atoms with E-state index >= 15 is 0 Å². The van der Waals surface area contributed by atoms with Crippen LogP contribution in [-0.2, 0) is 0 Å². The standard InChI is InChI=1S/C15H28N2S/c1-6-10-16-13(8-7-9-15(3,4)5)14-11-17-12(2)18-14/h11,13,16H,6-10H2,1-5H3. The second-order valence-corrected chi connectivity index (χ2v) is 7.51. The molecule has 0 spiro atoms. The normalized spacial score (nSPS) is 13.8. The van der Waals surface area contributed by atoms with Gasteiger partial charge in [0.2, 0.25) is 0 Å². The highest BCUT2D eigenvalue weighted by atomic mass is 32.1. The number of thiazole rings is 1. The van der Waals surface area contributed by atoms with E-state index in [1.54, 1.807) is 0 Å². The summed E-state index contributed by atoms with van der Waals surface area (Å²) in [5.74, 6) is 0. The van der Waals surface area contributed by atoms with Crippen molar-refractivity contribution in [3.8, 4) is 0 Å². The maximum absolute atomic E-state index is 4.38. The average Bonchev–Trinajstić information content (AvgIpc) is 2.68. The van der Waals surface area contributed by atoms with Crippen molar-refractivity contribution in [2.45, 2.75) is 66.3 Å². The molecular weight excluding hydrogens is 240 g/mol. The molecule has 0 aliphatic rings. The molecule has 2 nitrogen and oxygen atoms in total. The fraction of sp³-hybridized carbons (Fsp3) is 0.800. The van der Waals surface area contributed by atoms with Gasteiger partial charge in [0.15, 0.2) is 0 Å². The first-order valence-corrected chi connectivity index (χ1v) is 7.90. The first-order valence-electron chi connectivity index (χ1n) is 7.08. The van der Waals surface area contributed by atoms with Crippen LogP contribution < -0.4 is 5.32 Å². The molecular formula is C15H28N2S. The molecule has 0 saturated heterocycles. The van der Waals surface area contributed by atoms with Crippen molar-refractivity contribution in [2.75, 3.05) is 6.54 Å². The van der Waals surface area contributed by atoms with Crippen molar-refractivity contribution in [1.82, 2.24) is 10.3 Å². The van der Waals surface area contributed by atoms with Gasteiger partial charge in [0, 0.05) is 17.1 Å². The van der Waals surface area contributed by atoms with E-state index in [9.17, 15) is 0 Å². The Labute approximate surface area is 116 Å². The number of aromatic nitrogens is 1. The van der Waals surface area contributed by atoms with Crippen LogP contribution in [0.15, 0.2) is 6.20 Å². The molecule has 1 atom stereocenters. The summed E-state index contributed by atoms with van der Waals surface area (Å²) in [6.45, 7) is 12.4. The summed E-state index contributed by atoms with van der Waals surface area (Å²) in [5.41, 5.74) is 0.443. The molecule has 0 saturated carbocycles. The SMILES string of the molecule is CCCNC(CCCC(C)(C)C)c1cnc(C)s1. The molecule has 0 aliphatic carbocycles. The van der Waals surface area contributed by atoms with Crippen LogP contribution in [0.5, 0.6) is 0 Å². The Morgan fingerprint density at radius 2 is 2.11 bits per heavy atom. The molecule has 1 unspecified atom stereocenters. The Bertz CT molecular complexity index is 339. The van der Waals surface area contributed by atoms with Gasteiger partial charge in [-0.2, -0.15) is 0 Å². The van der Waals surface area contributed by atoms with E-state index in [1.807, 2.05) is 17.5 Å². The zero-order valence-electron chi connectivity index (χ0n) is 12.5. The first-order chi connectivity index (χ1) is 8.42. The van der Waals surface area contributed by atoms with Gasteiger partial charge < -0.3 is 5.32 Å². The van der Waals surface area contributed by atoms with E-state index in [4.69, 9.17) is 0 Å². The average molecular weight is 268 g/mol. The number of nitrogens with one attached hydrogen (secondary N) is 1. The number of aryl methyl sites for hydroxylation is 1. The summed E-state index contributed by atoms with van der Waals surface area (Å²) in [5, 5.41) is 4.83. The van der Waals surface area contributed by atoms with Gasteiger partial charge in [-0.05, 0) is 38.1 Å². The number of nitrogens with zero attached hydrogens (tertiary/aromatic N) is 1. The number of hydrogen-bond donors (Lipinski definition) is 1. The van der Waals surface area contributed by atoms with E-state index in [1.165, 1.54) is 35.6 Å². The summed E-state index contributed by atoms with van der Waals surface area (Å²) in [6, 6.07) is 0.499. The van der Waals surface area contributed by atoms with Crippen molar-refractivity contribution in [2.24, 2.45) is 5.41 Å². The van der Waals surface area contributed by atoms with Gasteiger partial charge in [-0.1, -0.05) is 34.1 Å². The van der Waals surface area contributed by atoms with E-state index < -0.39 is 0 Å². The maximum atomic E-state index is 4.38. The largest absolute Gasteiger partial charge is 0.309 e. The third kappa shape index (κ3) is 5.96. The molecule has 0 radical (unpaired) electrons. The second kappa shape index (κ2) is 7.25. The summed E-state index contributed by atoms with van der Waals surface area (Å²) < 4.78 is 0. The highest BCUT2D eigenvalue weighted by Crippen LogP contribution is 2.28. The molecule has 1 N–H and O–H groups in total. The smallest absolute Gasteiger partial charge is 0.0897 e. The summed E-state index contributed by atoms with van der Waals surface area (Å²) >= 11 is 1.83. The molecule has 0 aliphatic heterocycles. The van der Waals surface area contributed by atoms with Crippen LogP contribution in [0, 0.1) is 12.3 Å². The predicted molar refractivity (Wildman–Crippen MR) is 81.2 cm³/mol. The number of hydrogen-bond acceptors (Lipinski definition) is 3. The fourth-order valence-corrected chi connectivity index (χ4v) is 2.93. The van der Waals surface area contributed by atoms with Crippen LogP contribution in [0.1, 0.15) is 69.3 Å². The topological polar surface area (TPSA) is 24.9 Å². The zero-order chi connectivity index (χ0) is 13.6. The summed E-state index contributed by atoms with van der Waals surface area (Å²) in [4.78, 5) is 5.78. The molecule has 0 fully saturated rings. The lowest BCUT2D eigenvalue weighted by atomic mass is 9.89. The van der Waals surface area contributed by atoms with E-state index in [-0.39, 0.29) is 0 Å². The first kappa shape index (κ1) is 15.6. The number of rotatable bonds is 7. The molecule has 18 heavy (non-hydrogen) atoms. The summed E-state index contributed by atoms with van der Waals surface area (Å²) in [6.07, 6.45) is 7.02. The van der Waals surface area contributed by atoms with Crippen LogP contribution in [0.25, 0.3) is 0 Å². The van der Waals surface area contributed by atoms with Crippen molar-refractivity contribution < 1.29 is 0 Å². The minimum absolute atomic E-state index is 0.443. The molecule has 1 rings (SSSR count). The van der Waals surface area contributed by atoms with Crippen LogP contribution in [-0.4, -0.2) is 11.5 Å². The summed E-state index contributed by atoms with van der Waals surface area (Å²) in [7, 11) is 0. The lowest BCUT2D eigenvalue weighted by Gasteiger charge is -2.21. The van der Waals surface area contributed by atoms with Gasteiger partial charge in [0.25, 0.3) is 0 Å². The Morgan fingerprint density at radius 3 is 2.61 bits per heavy atom. The Hall–Kier alpha value is -0.410. The third-order valence-corrected chi connectivity index (χ3v) is 4.07. The van der Waals surface area contributed by atoms with Crippen LogP contribution in [0.2, 0.25) is 0 Å². The van der Waals surface area contributed by atoms with E-state index in [0.717, 1.165) is 6.54 Å². The molecule has 3 heteroatoms. The maximum Gasteiger partial charge on any atom is 0.0897 e. The Balaban J connectivity index is 2.51. The van der Waals surface area contributed by atoms with Crippen LogP contribution >= 0.6 is 11.3 Å². The third-order valence-electron chi connectivity index (χ3n) is 3.04. The van der Waals surface area contributed by atoms with Crippen LogP contribution in [0.4, 0.5) is 0 Å². The highest BCUT2D eigenvalue weighted by molar-refractivity contribution is 7.11. The quantitative estimate of drug-likeness (QED) is 0.774. The molecule has 1 aromatic rings. The second-order valence-electron chi connectivity index (χ2n) is 6.24.